The Balaban J connectivity index is 1.75. The Bertz CT molecular complexity index is 868. The predicted octanol–water partition coefficient (Wildman–Crippen LogP) is 3.76. The van der Waals surface area contributed by atoms with Crippen LogP contribution in [-0.4, -0.2) is 24.5 Å². The molecule has 28 heavy (non-hydrogen) atoms. The van der Waals surface area contributed by atoms with E-state index in [1.807, 2.05) is 55.5 Å². The van der Waals surface area contributed by atoms with Gasteiger partial charge in [0.25, 0.3) is 5.91 Å². The molecule has 2 atom stereocenters. The molecular weight excluding hydrogens is 352 g/mol. The highest BCUT2D eigenvalue weighted by Crippen LogP contribution is 2.38. The molecule has 2 unspecified atom stereocenters. The van der Waals surface area contributed by atoms with Crippen LogP contribution < -0.4 is 15.4 Å². The van der Waals surface area contributed by atoms with E-state index in [4.69, 9.17) is 10.5 Å². The maximum atomic E-state index is 12.9. The summed E-state index contributed by atoms with van der Waals surface area (Å²) in [5.74, 6) is -0.209. The molecule has 2 aromatic carbocycles. The van der Waals surface area contributed by atoms with Crippen molar-refractivity contribution >= 4 is 17.5 Å². The van der Waals surface area contributed by atoms with E-state index in [9.17, 15) is 9.59 Å². The fraction of sp³-hybridized carbons (Fsp3) is 0.391. The molecule has 2 amide bonds. The number of primary amides is 1. The first-order valence-corrected chi connectivity index (χ1v) is 9.62. The van der Waals surface area contributed by atoms with Crippen molar-refractivity contribution in [2.45, 2.75) is 51.5 Å². The molecule has 0 radical (unpaired) electrons. The van der Waals surface area contributed by atoms with Crippen LogP contribution in [0.1, 0.15) is 51.2 Å². The Morgan fingerprint density at radius 2 is 1.75 bits per heavy atom. The quantitative estimate of drug-likeness (QED) is 0.878. The summed E-state index contributed by atoms with van der Waals surface area (Å²) in [7, 11) is 0. The standard InChI is InChI=1S/C23H28N2O3/c1-15-13-19(22(24)27)18-7-5-6-8-20(18)25(15)21(26)14-28-17-11-9-16(10-12-17)23(2,3)4/h5-12,15,19H,13-14H2,1-4H3,(H2,24,27). The van der Waals surface area contributed by atoms with Crippen molar-refractivity contribution in [1.29, 1.82) is 0 Å². The Morgan fingerprint density at radius 1 is 1.11 bits per heavy atom. The number of anilines is 1. The number of nitrogens with two attached hydrogens (primary N) is 1. The molecule has 0 bridgehead atoms. The van der Waals surface area contributed by atoms with Gasteiger partial charge in [-0.25, -0.2) is 0 Å². The lowest BCUT2D eigenvalue weighted by Gasteiger charge is -2.38. The van der Waals surface area contributed by atoms with Gasteiger partial charge in [-0.3, -0.25) is 9.59 Å². The fourth-order valence-corrected chi connectivity index (χ4v) is 3.73. The van der Waals surface area contributed by atoms with Gasteiger partial charge in [0.05, 0.1) is 5.92 Å². The summed E-state index contributed by atoms with van der Waals surface area (Å²) in [6.45, 7) is 8.33. The minimum Gasteiger partial charge on any atom is -0.484 e. The highest BCUT2D eigenvalue weighted by molar-refractivity contribution is 5.98. The Morgan fingerprint density at radius 3 is 2.36 bits per heavy atom. The summed E-state index contributed by atoms with van der Waals surface area (Å²) >= 11 is 0. The number of carbonyl (C=O) groups excluding carboxylic acids is 2. The fourth-order valence-electron chi connectivity index (χ4n) is 3.73. The second-order valence-corrected chi connectivity index (χ2v) is 8.43. The highest BCUT2D eigenvalue weighted by Gasteiger charge is 2.36. The van der Waals surface area contributed by atoms with Crippen molar-refractivity contribution in [2.75, 3.05) is 11.5 Å². The zero-order valence-electron chi connectivity index (χ0n) is 16.9. The van der Waals surface area contributed by atoms with Crippen molar-refractivity contribution in [3.8, 4) is 5.75 Å². The SMILES string of the molecule is CC1CC(C(N)=O)c2ccccc2N1C(=O)COc1ccc(C(C)(C)C)cc1. The average Bonchev–Trinajstić information content (AvgIpc) is 2.65. The lowest BCUT2D eigenvalue weighted by atomic mass is 9.85. The minimum absolute atomic E-state index is 0.0607. The van der Waals surface area contributed by atoms with Gasteiger partial charge < -0.3 is 15.4 Å². The van der Waals surface area contributed by atoms with Gasteiger partial charge in [0.2, 0.25) is 5.91 Å². The summed E-state index contributed by atoms with van der Waals surface area (Å²) in [5.41, 5.74) is 8.39. The molecule has 2 aromatic rings. The van der Waals surface area contributed by atoms with Crippen LogP contribution in [0, 0.1) is 0 Å². The van der Waals surface area contributed by atoms with Crippen LogP contribution in [0.3, 0.4) is 0 Å². The monoisotopic (exact) mass is 380 g/mol. The number of hydrogen-bond donors (Lipinski definition) is 1. The summed E-state index contributed by atoms with van der Waals surface area (Å²) < 4.78 is 5.74. The van der Waals surface area contributed by atoms with Crippen LogP contribution in [0.15, 0.2) is 48.5 Å². The molecule has 0 aromatic heterocycles. The van der Waals surface area contributed by atoms with Gasteiger partial charge in [0.15, 0.2) is 6.61 Å². The molecule has 1 heterocycles. The van der Waals surface area contributed by atoms with Crippen molar-refractivity contribution in [1.82, 2.24) is 0 Å². The topological polar surface area (TPSA) is 72.6 Å². The van der Waals surface area contributed by atoms with Gasteiger partial charge >= 0.3 is 0 Å². The average molecular weight is 380 g/mol. The molecule has 5 heteroatoms. The number of amides is 2. The van der Waals surface area contributed by atoms with E-state index in [-0.39, 0.29) is 35.8 Å². The molecule has 2 N–H and O–H groups in total. The molecule has 0 fully saturated rings. The molecule has 0 aliphatic carbocycles. The number of rotatable bonds is 4. The molecule has 1 aliphatic rings. The first-order valence-electron chi connectivity index (χ1n) is 9.62. The Kier molecular flexibility index (Phi) is 5.45. The molecule has 5 nitrogen and oxygen atoms in total. The lowest BCUT2D eigenvalue weighted by molar-refractivity contribution is -0.122. The van der Waals surface area contributed by atoms with Crippen LogP contribution in [0.4, 0.5) is 5.69 Å². The first-order chi connectivity index (χ1) is 13.2. The number of hydrogen-bond acceptors (Lipinski definition) is 3. The molecule has 3 rings (SSSR count). The van der Waals surface area contributed by atoms with E-state index in [0.717, 1.165) is 11.3 Å². The van der Waals surface area contributed by atoms with Crippen LogP contribution in [0.25, 0.3) is 0 Å². The molecule has 0 saturated heterocycles. The largest absolute Gasteiger partial charge is 0.484 e. The van der Waals surface area contributed by atoms with Crippen molar-refractivity contribution in [2.24, 2.45) is 5.73 Å². The van der Waals surface area contributed by atoms with Crippen LogP contribution >= 0.6 is 0 Å². The van der Waals surface area contributed by atoms with E-state index >= 15 is 0 Å². The molecule has 0 saturated carbocycles. The predicted molar refractivity (Wildman–Crippen MR) is 111 cm³/mol. The van der Waals surface area contributed by atoms with Crippen molar-refractivity contribution in [3.63, 3.8) is 0 Å². The number of ether oxygens (including phenoxy) is 1. The van der Waals surface area contributed by atoms with E-state index in [2.05, 4.69) is 20.8 Å². The van der Waals surface area contributed by atoms with Gasteiger partial charge in [0.1, 0.15) is 5.75 Å². The van der Waals surface area contributed by atoms with Gasteiger partial charge in [0, 0.05) is 11.7 Å². The van der Waals surface area contributed by atoms with Gasteiger partial charge in [-0.1, -0.05) is 51.1 Å². The maximum Gasteiger partial charge on any atom is 0.265 e. The number of carbonyl (C=O) groups is 2. The smallest absolute Gasteiger partial charge is 0.265 e. The zero-order valence-corrected chi connectivity index (χ0v) is 16.9. The Labute approximate surface area is 166 Å². The van der Waals surface area contributed by atoms with Gasteiger partial charge in [-0.15, -0.1) is 0 Å². The molecular formula is C23H28N2O3. The molecule has 148 valence electrons. The molecule has 1 aliphatic heterocycles. The minimum atomic E-state index is -0.374. The van der Waals surface area contributed by atoms with Crippen LogP contribution in [0.5, 0.6) is 5.75 Å². The van der Waals surface area contributed by atoms with Crippen LogP contribution in [-0.2, 0) is 15.0 Å². The third-order valence-corrected chi connectivity index (χ3v) is 5.28. The maximum absolute atomic E-state index is 12.9. The highest BCUT2D eigenvalue weighted by atomic mass is 16.5. The summed E-state index contributed by atoms with van der Waals surface area (Å²) in [6, 6.07) is 15.1. The van der Waals surface area contributed by atoms with Crippen molar-refractivity contribution < 1.29 is 14.3 Å². The van der Waals surface area contributed by atoms with E-state index in [0.29, 0.717) is 12.2 Å². The lowest BCUT2D eigenvalue weighted by Crippen LogP contribution is -2.47. The number of benzene rings is 2. The third-order valence-electron chi connectivity index (χ3n) is 5.28. The van der Waals surface area contributed by atoms with Gasteiger partial charge in [-0.2, -0.15) is 0 Å². The number of nitrogens with zero attached hydrogens (tertiary/aromatic N) is 1. The van der Waals surface area contributed by atoms with Crippen molar-refractivity contribution in [3.05, 3.63) is 59.7 Å². The third kappa shape index (κ3) is 4.03. The summed E-state index contributed by atoms with van der Waals surface area (Å²) in [4.78, 5) is 26.5. The van der Waals surface area contributed by atoms with Crippen LogP contribution in [0.2, 0.25) is 0 Å². The Hall–Kier alpha value is -2.82. The van der Waals surface area contributed by atoms with E-state index in [1.165, 1.54) is 5.56 Å². The number of para-hydroxylation sites is 1. The second-order valence-electron chi connectivity index (χ2n) is 8.43. The summed E-state index contributed by atoms with van der Waals surface area (Å²) in [6.07, 6.45) is 0.512. The zero-order chi connectivity index (χ0) is 20.5. The first kappa shape index (κ1) is 19.9. The second kappa shape index (κ2) is 7.66. The normalized spacial score (nSPS) is 19.1. The summed E-state index contributed by atoms with van der Waals surface area (Å²) in [5, 5.41) is 0. The van der Waals surface area contributed by atoms with Gasteiger partial charge in [-0.05, 0) is 48.1 Å². The van der Waals surface area contributed by atoms with E-state index < -0.39 is 0 Å². The number of fused-ring (bicyclic) bond motifs is 1. The van der Waals surface area contributed by atoms with E-state index in [1.54, 1.807) is 4.90 Å². The molecule has 0 spiro atoms.